The molecule has 0 bridgehead atoms. The number of carbonyl (C=O) groups excluding carboxylic acids is 1. The van der Waals surface area contributed by atoms with Crippen molar-refractivity contribution in [3.63, 3.8) is 0 Å². The molecule has 1 aromatic carbocycles. The number of halogens is 1. The zero-order valence-corrected chi connectivity index (χ0v) is 18.3. The Morgan fingerprint density at radius 2 is 1.79 bits per heavy atom. The van der Waals surface area contributed by atoms with Gasteiger partial charge < -0.3 is 15.5 Å². The van der Waals surface area contributed by atoms with Crippen LogP contribution < -0.4 is 10.6 Å². The second kappa shape index (κ2) is 10.9. The lowest BCUT2D eigenvalue weighted by molar-refractivity contribution is -0.121. The zero-order valence-electron chi connectivity index (χ0n) is 17.5. The molecule has 2 atom stereocenters. The van der Waals surface area contributed by atoms with Crippen molar-refractivity contribution in [2.24, 2.45) is 5.92 Å². The lowest BCUT2D eigenvalue weighted by Crippen LogP contribution is -2.50. The Bertz CT molecular complexity index is 692. The number of carbonyl (C=O) groups is 1. The van der Waals surface area contributed by atoms with Gasteiger partial charge in [0, 0.05) is 24.2 Å². The molecule has 2 aliphatic carbocycles. The summed E-state index contributed by atoms with van der Waals surface area (Å²) in [5.74, 6) is 0.306. The van der Waals surface area contributed by atoms with Crippen LogP contribution in [0.2, 0.25) is 0 Å². The van der Waals surface area contributed by atoms with Gasteiger partial charge in [0.05, 0.1) is 6.54 Å². The van der Waals surface area contributed by atoms with Crippen LogP contribution in [0.3, 0.4) is 0 Å². The minimum absolute atomic E-state index is 0.0133. The van der Waals surface area contributed by atoms with Crippen molar-refractivity contribution in [2.75, 3.05) is 6.54 Å². The van der Waals surface area contributed by atoms with E-state index in [0.29, 0.717) is 29.2 Å². The van der Waals surface area contributed by atoms with Crippen molar-refractivity contribution < 1.29 is 9.18 Å². The summed E-state index contributed by atoms with van der Waals surface area (Å²) in [6, 6.07) is 7.42. The first-order valence-electron chi connectivity index (χ1n) is 11.1. The van der Waals surface area contributed by atoms with E-state index >= 15 is 0 Å². The van der Waals surface area contributed by atoms with Gasteiger partial charge in [0.25, 0.3) is 0 Å². The fourth-order valence-electron chi connectivity index (χ4n) is 4.62. The van der Waals surface area contributed by atoms with E-state index in [4.69, 9.17) is 12.2 Å². The predicted octanol–water partition coefficient (Wildman–Crippen LogP) is 4.53. The molecule has 0 radical (unpaired) electrons. The number of thiocarbonyl (C=S) groups is 1. The van der Waals surface area contributed by atoms with E-state index in [1.54, 1.807) is 6.07 Å². The Labute approximate surface area is 179 Å². The summed E-state index contributed by atoms with van der Waals surface area (Å²) in [5, 5.41) is 6.86. The molecular formula is C23H34FN3OS. The molecule has 2 aliphatic rings. The third-order valence-electron chi connectivity index (χ3n) is 6.43. The monoisotopic (exact) mass is 419 g/mol. The highest BCUT2D eigenvalue weighted by atomic mass is 32.1. The van der Waals surface area contributed by atoms with Crippen molar-refractivity contribution in [3.8, 4) is 0 Å². The standard InChI is InChI=1S/C23H34FN3OS/c1-17-9-5-8-14-21(17)26-22(28)15-25-23(29)27(19-11-3-2-4-12-19)16-18-10-6-7-13-20(18)24/h6-7,10,13,17,19,21H,2-5,8-9,11-12,14-16H2,1H3,(H,25,29)(H,26,28)/t17-,21+/m1/s1. The summed E-state index contributed by atoms with van der Waals surface area (Å²) in [4.78, 5) is 14.5. The van der Waals surface area contributed by atoms with Gasteiger partial charge in [-0.2, -0.15) is 0 Å². The van der Waals surface area contributed by atoms with E-state index in [-0.39, 0.29) is 24.3 Å². The lowest BCUT2D eigenvalue weighted by Gasteiger charge is -2.36. The van der Waals surface area contributed by atoms with Gasteiger partial charge in [-0.05, 0) is 49.9 Å². The molecule has 29 heavy (non-hydrogen) atoms. The van der Waals surface area contributed by atoms with Crippen molar-refractivity contribution in [2.45, 2.75) is 83.3 Å². The lowest BCUT2D eigenvalue weighted by atomic mass is 9.86. The first-order valence-corrected chi connectivity index (χ1v) is 11.5. The fraction of sp³-hybridized carbons (Fsp3) is 0.652. The van der Waals surface area contributed by atoms with Gasteiger partial charge in [0.1, 0.15) is 5.82 Å². The average Bonchev–Trinajstić information content (AvgIpc) is 2.74. The molecular weight excluding hydrogens is 385 g/mol. The van der Waals surface area contributed by atoms with Gasteiger partial charge in [-0.3, -0.25) is 4.79 Å². The van der Waals surface area contributed by atoms with Crippen LogP contribution in [0.15, 0.2) is 24.3 Å². The summed E-state index contributed by atoms with van der Waals surface area (Å²) in [6.07, 6.45) is 10.4. The number of benzene rings is 1. The third-order valence-corrected chi connectivity index (χ3v) is 6.81. The first-order chi connectivity index (χ1) is 14.0. The molecule has 0 unspecified atom stereocenters. The zero-order chi connectivity index (χ0) is 20.6. The van der Waals surface area contributed by atoms with E-state index in [9.17, 15) is 9.18 Å². The molecule has 1 aromatic rings. The minimum Gasteiger partial charge on any atom is -0.353 e. The first kappa shape index (κ1) is 22.0. The molecule has 0 spiro atoms. The Morgan fingerprint density at radius 1 is 1.10 bits per heavy atom. The highest BCUT2D eigenvalue weighted by Crippen LogP contribution is 2.25. The van der Waals surface area contributed by atoms with E-state index < -0.39 is 0 Å². The van der Waals surface area contributed by atoms with Crippen LogP contribution in [0.25, 0.3) is 0 Å². The largest absolute Gasteiger partial charge is 0.353 e. The number of hydrogen-bond donors (Lipinski definition) is 2. The fourth-order valence-corrected chi connectivity index (χ4v) is 4.90. The number of nitrogens with one attached hydrogen (secondary N) is 2. The van der Waals surface area contributed by atoms with Gasteiger partial charge in [0.2, 0.25) is 5.91 Å². The van der Waals surface area contributed by atoms with Crippen LogP contribution in [-0.2, 0) is 11.3 Å². The molecule has 2 saturated carbocycles. The molecule has 6 heteroatoms. The second-order valence-electron chi connectivity index (χ2n) is 8.61. The number of rotatable bonds is 6. The van der Waals surface area contributed by atoms with Crippen molar-refractivity contribution in [1.82, 2.24) is 15.5 Å². The van der Waals surface area contributed by atoms with E-state index in [1.807, 2.05) is 12.1 Å². The number of amides is 1. The van der Waals surface area contributed by atoms with Crippen LogP contribution in [0.5, 0.6) is 0 Å². The molecule has 0 heterocycles. The number of nitrogens with zero attached hydrogens (tertiary/aromatic N) is 1. The molecule has 0 aliphatic heterocycles. The van der Waals surface area contributed by atoms with Crippen LogP contribution in [0, 0.1) is 11.7 Å². The molecule has 0 aromatic heterocycles. The Balaban J connectivity index is 1.58. The molecule has 4 nitrogen and oxygen atoms in total. The highest BCUT2D eigenvalue weighted by Gasteiger charge is 2.26. The van der Waals surface area contributed by atoms with Crippen molar-refractivity contribution in [3.05, 3.63) is 35.6 Å². The molecule has 2 fully saturated rings. The van der Waals surface area contributed by atoms with E-state index in [2.05, 4.69) is 22.5 Å². The number of hydrogen-bond acceptors (Lipinski definition) is 2. The van der Waals surface area contributed by atoms with Gasteiger partial charge >= 0.3 is 0 Å². The quantitative estimate of drug-likeness (QED) is 0.665. The molecule has 160 valence electrons. The summed E-state index contributed by atoms with van der Waals surface area (Å²) in [6.45, 7) is 2.81. The Kier molecular flexibility index (Phi) is 8.28. The average molecular weight is 420 g/mol. The van der Waals surface area contributed by atoms with Crippen LogP contribution in [0.4, 0.5) is 4.39 Å². The molecule has 3 rings (SSSR count). The summed E-state index contributed by atoms with van der Waals surface area (Å²) >= 11 is 5.66. The molecule has 0 saturated heterocycles. The Morgan fingerprint density at radius 3 is 2.52 bits per heavy atom. The maximum atomic E-state index is 14.2. The van der Waals surface area contributed by atoms with Gasteiger partial charge in [0.15, 0.2) is 5.11 Å². The highest BCUT2D eigenvalue weighted by molar-refractivity contribution is 7.80. The predicted molar refractivity (Wildman–Crippen MR) is 119 cm³/mol. The van der Waals surface area contributed by atoms with Crippen LogP contribution in [-0.4, -0.2) is 34.5 Å². The normalized spacial score (nSPS) is 22.7. The summed E-state index contributed by atoms with van der Waals surface area (Å²) in [7, 11) is 0. The maximum absolute atomic E-state index is 14.2. The van der Waals surface area contributed by atoms with Crippen molar-refractivity contribution >= 4 is 23.2 Å². The van der Waals surface area contributed by atoms with Gasteiger partial charge in [-0.25, -0.2) is 4.39 Å². The van der Waals surface area contributed by atoms with E-state index in [0.717, 1.165) is 19.3 Å². The summed E-state index contributed by atoms with van der Waals surface area (Å²) in [5.41, 5.74) is 0.641. The van der Waals surface area contributed by atoms with E-state index in [1.165, 1.54) is 44.6 Å². The third kappa shape index (κ3) is 6.39. The van der Waals surface area contributed by atoms with Crippen LogP contribution >= 0.6 is 12.2 Å². The smallest absolute Gasteiger partial charge is 0.239 e. The Hall–Kier alpha value is -1.69. The SMILES string of the molecule is C[C@@H]1CCCC[C@@H]1NC(=O)CNC(=S)N(Cc1ccccc1F)C1CCCCC1. The topological polar surface area (TPSA) is 44.4 Å². The summed E-state index contributed by atoms with van der Waals surface area (Å²) < 4.78 is 14.2. The van der Waals surface area contributed by atoms with Gasteiger partial charge in [-0.1, -0.05) is 57.2 Å². The van der Waals surface area contributed by atoms with Crippen LogP contribution in [0.1, 0.15) is 70.3 Å². The second-order valence-corrected chi connectivity index (χ2v) is 8.99. The molecule has 2 N–H and O–H groups in total. The minimum atomic E-state index is -0.208. The van der Waals surface area contributed by atoms with Crippen molar-refractivity contribution in [1.29, 1.82) is 0 Å². The molecule has 1 amide bonds. The van der Waals surface area contributed by atoms with Gasteiger partial charge in [-0.15, -0.1) is 0 Å². The maximum Gasteiger partial charge on any atom is 0.239 e.